The van der Waals surface area contributed by atoms with E-state index in [1.165, 1.54) is 51.3 Å². The summed E-state index contributed by atoms with van der Waals surface area (Å²) in [7, 11) is 4.49. The zero-order valence-electron chi connectivity index (χ0n) is 24.2. The smallest absolute Gasteiger partial charge is 0.272 e. The molecule has 0 spiro atoms. The Morgan fingerprint density at radius 2 is 1.57 bits per heavy atom. The number of ether oxygens (including phenoxy) is 3. The summed E-state index contributed by atoms with van der Waals surface area (Å²) in [5.74, 6) is 0.152. The predicted molar refractivity (Wildman–Crippen MR) is 171 cm³/mol. The van der Waals surface area contributed by atoms with E-state index in [-0.39, 0.29) is 23.1 Å². The van der Waals surface area contributed by atoms with Crippen molar-refractivity contribution in [2.45, 2.75) is 4.90 Å². The predicted octanol–water partition coefficient (Wildman–Crippen LogP) is 5.56. The fourth-order valence-corrected chi connectivity index (χ4v) is 4.78. The maximum absolute atomic E-state index is 13.5. The second-order valence-electron chi connectivity index (χ2n) is 9.19. The lowest BCUT2D eigenvalue weighted by atomic mass is 10.1. The van der Waals surface area contributed by atoms with Gasteiger partial charge >= 0.3 is 0 Å². The van der Waals surface area contributed by atoms with Crippen molar-refractivity contribution >= 4 is 46.9 Å². The number of thioether (sulfide) groups is 1. The van der Waals surface area contributed by atoms with Crippen molar-refractivity contribution in [3.63, 3.8) is 0 Å². The van der Waals surface area contributed by atoms with E-state index < -0.39 is 11.8 Å². The summed E-state index contributed by atoms with van der Waals surface area (Å²) in [6.45, 7) is 0. The number of rotatable bonds is 12. The molecule has 10 nitrogen and oxygen atoms in total. The monoisotopic (exact) mass is 613 g/mol. The molecule has 0 aliphatic carbocycles. The molecule has 11 heteroatoms. The second-order valence-corrected chi connectivity index (χ2v) is 10.2. The van der Waals surface area contributed by atoms with Gasteiger partial charge in [0.2, 0.25) is 5.91 Å². The van der Waals surface area contributed by atoms with Crippen LogP contribution in [0.2, 0.25) is 0 Å². The van der Waals surface area contributed by atoms with Gasteiger partial charge in [-0.05, 0) is 60.7 Å². The molecular formula is C33H31N3O7S. The SMILES string of the molecule is COc1ccc(OC)c(NC(=O)CSc2cccc(NC(=O)/C(=C\c3ccc(O)cc3OC)NC(=O)c3ccccc3)c2)c1. The molecule has 3 amide bonds. The molecule has 0 fully saturated rings. The molecule has 0 atom stereocenters. The van der Waals surface area contributed by atoms with Gasteiger partial charge in [-0.25, -0.2) is 0 Å². The molecule has 0 heterocycles. The summed E-state index contributed by atoms with van der Waals surface area (Å²) in [6.07, 6.45) is 1.46. The normalized spacial score (nSPS) is 10.8. The van der Waals surface area contributed by atoms with Crippen LogP contribution in [0.4, 0.5) is 11.4 Å². The molecule has 4 aromatic rings. The number of carbonyl (C=O) groups is 3. The third-order valence-corrected chi connectivity index (χ3v) is 7.18. The van der Waals surface area contributed by atoms with Gasteiger partial charge in [0.1, 0.15) is 28.7 Å². The second kappa shape index (κ2) is 15.2. The average molecular weight is 614 g/mol. The fourth-order valence-electron chi connectivity index (χ4n) is 4.03. The molecule has 44 heavy (non-hydrogen) atoms. The zero-order chi connectivity index (χ0) is 31.5. The number of phenols is 1. The minimum Gasteiger partial charge on any atom is -0.508 e. The standard InChI is InChI=1S/C33H31N3O7S/c1-41-25-14-15-29(42-2)27(19-25)35-31(38)20-44-26-11-7-10-23(17-26)34-33(40)28(36-32(39)21-8-5-4-6-9-21)16-22-12-13-24(37)18-30(22)43-3/h4-19,37H,20H2,1-3H3,(H,34,40)(H,35,38)(H,36,39)/b28-16+. The minimum absolute atomic E-state index is 0.0102. The van der Waals surface area contributed by atoms with Crippen molar-refractivity contribution in [2.24, 2.45) is 0 Å². The molecule has 0 saturated carbocycles. The van der Waals surface area contributed by atoms with Gasteiger partial charge in [-0.3, -0.25) is 14.4 Å². The highest BCUT2D eigenvalue weighted by atomic mass is 32.2. The number of hydrogen-bond acceptors (Lipinski definition) is 8. The Hall–Kier alpha value is -5.42. The summed E-state index contributed by atoms with van der Waals surface area (Å²) in [5.41, 5.74) is 1.72. The van der Waals surface area contributed by atoms with Gasteiger partial charge in [0.15, 0.2) is 0 Å². The Balaban J connectivity index is 1.49. The lowest BCUT2D eigenvalue weighted by Crippen LogP contribution is -2.30. The summed E-state index contributed by atoms with van der Waals surface area (Å²) < 4.78 is 15.9. The first-order chi connectivity index (χ1) is 21.3. The van der Waals surface area contributed by atoms with Crippen molar-refractivity contribution in [1.29, 1.82) is 0 Å². The first-order valence-electron chi connectivity index (χ1n) is 13.3. The van der Waals surface area contributed by atoms with Crippen LogP contribution in [0.25, 0.3) is 6.08 Å². The molecule has 0 aliphatic heterocycles. The Morgan fingerprint density at radius 3 is 2.30 bits per heavy atom. The van der Waals surface area contributed by atoms with Crippen LogP contribution < -0.4 is 30.2 Å². The van der Waals surface area contributed by atoms with Gasteiger partial charge in [0.05, 0.1) is 32.8 Å². The summed E-state index contributed by atoms with van der Waals surface area (Å²) in [4.78, 5) is 39.9. The lowest BCUT2D eigenvalue weighted by molar-refractivity contribution is -0.114. The maximum atomic E-state index is 13.5. The molecule has 0 unspecified atom stereocenters. The van der Waals surface area contributed by atoms with E-state index >= 15 is 0 Å². The van der Waals surface area contributed by atoms with Crippen LogP contribution in [0.1, 0.15) is 15.9 Å². The van der Waals surface area contributed by atoms with Crippen LogP contribution in [-0.2, 0) is 9.59 Å². The number of methoxy groups -OCH3 is 3. The first-order valence-corrected chi connectivity index (χ1v) is 14.3. The third-order valence-electron chi connectivity index (χ3n) is 6.19. The van der Waals surface area contributed by atoms with Gasteiger partial charge in [-0.1, -0.05) is 24.3 Å². The molecule has 0 bridgehead atoms. The summed E-state index contributed by atoms with van der Waals surface area (Å²) in [5, 5.41) is 18.1. The topological polar surface area (TPSA) is 135 Å². The van der Waals surface area contributed by atoms with Crippen LogP contribution >= 0.6 is 11.8 Å². The molecule has 4 rings (SSSR count). The number of anilines is 2. The van der Waals surface area contributed by atoms with Gasteiger partial charge in [0.25, 0.3) is 11.8 Å². The highest BCUT2D eigenvalue weighted by Gasteiger charge is 2.17. The van der Waals surface area contributed by atoms with E-state index in [1.54, 1.807) is 72.8 Å². The Labute approximate surface area is 259 Å². The lowest BCUT2D eigenvalue weighted by Gasteiger charge is -2.13. The summed E-state index contributed by atoms with van der Waals surface area (Å²) >= 11 is 1.28. The van der Waals surface area contributed by atoms with Crippen molar-refractivity contribution < 1.29 is 33.7 Å². The molecule has 0 saturated heterocycles. The largest absolute Gasteiger partial charge is 0.508 e. The van der Waals surface area contributed by atoms with Gasteiger partial charge in [-0.2, -0.15) is 0 Å². The molecule has 0 radical (unpaired) electrons. The molecule has 4 aromatic carbocycles. The van der Waals surface area contributed by atoms with Crippen molar-refractivity contribution in [3.05, 3.63) is 108 Å². The number of amides is 3. The van der Waals surface area contributed by atoms with Gasteiger partial charge in [-0.15, -0.1) is 11.8 Å². The van der Waals surface area contributed by atoms with E-state index in [4.69, 9.17) is 14.2 Å². The molecule has 4 N–H and O–H groups in total. The van der Waals surface area contributed by atoms with Crippen molar-refractivity contribution in [3.8, 4) is 23.0 Å². The minimum atomic E-state index is -0.588. The highest BCUT2D eigenvalue weighted by Crippen LogP contribution is 2.30. The van der Waals surface area contributed by atoms with Crippen molar-refractivity contribution in [1.82, 2.24) is 5.32 Å². The van der Waals surface area contributed by atoms with Crippen LogP contribution in [-0.4, -0.2) is 49.9 Å². The van der Waals surface area contributed by atoms with E-state index in [1.807, 2.05) is 6.07 Å². The Morgan fingerprint density at radius 1 is 0.795 bits per heavy atom. The number of carbonyl (C=O) groups excluding carboxylic acids is 3. The number of benzene rings is 4. The van der Waals surface area contributed by atoms with E-state index in [0.717, 1.165) is 4.90 Å². The zero-order valence-corrected chi connectivity index (χ0v) is 25.1. The number of hydrogen-bond donors (Lipinski definition) is 4. The number of phenolic OH excluding ortho intramolecular Hbond substituents is 1. The van der Waals surface area contributed by atoms with Gasteiger partial charge < -0.3 is 35.3 Å². The molecule has 0 aliphatic rings. The Bertz CT molecular complexity index is 1680. The van der Waals surface area contributed by atoms with Gasteiger partial charge in [0, 0.05) is 33.8 Å². The van der Waals surface area contributed by atoms with Crippen LogP contribution in [0.3, 0.4) is 0 Å². The van der Waals surface area contributed by atoms with E-state index in [2.05, 4.69) is 16.0 Å². The number of aromatic hydroxyl groups is 1. The highest BCUT2D eigenvalue weighted by molar-refractivity contribution is 8.00. The van der Waals surface area contributed by atoms with Crippen LogP contribution in [0.5, 0.6) is 23.0 Å². The van der Waals surface area contributed by atoms with Crippen LogP contribution in [0.15, 0.2) is 102 Å². The molecule has 226 valence electrons. The fraction of sp³-hybridized carbons (Fsp3) is 0.121. The van der Waals surface area contributed by atoms with Crippen LogP contribution in [0, 0.1) is 0 Å². The van der Waals surface area contributed by atoms with E-state index in [9.17, 15) is 19.5 Å². The summed E-state index contributed by atoms with van der Waals surface area (Å²) in [6, 6.07) is 25.0. The van der Waals surface area contributed by atoms with Crippen molar-refractivity contribution in [2.75, 3.05) is 37.7 Å². The maximum Gasteiger partial charge on any atom is 0.272 e. The first kappa shape index (κ1) is 31.5. The third kappa shape index (κ3) is 8.55. The molecule has 0 aromatic heterocycles. The molecular weight excluding hydrogens is 582 g/mol. The Kier molecular flexibility index (Phi) is 10.9. The quantitative estimate of drug-likeness (QED) is 0.121. The average Bonchev–Trinajstić information content (AvgIpc) is 3.04. The van der Waals surface area contributed by atoms with E-state index in [0.29, 0.717) is 39.8 Å². The number of nitrogens with one attached hydrogen (secondary N) is 3.